The molecule has 6 nitrogen and oxygen atoms in total. The SMILES string of the molecule is CCCOc1ccc(C(=O)Oc2cccc(OC(=O)c3ccc(OCCC)cc3)c2)cc1. The number of rotatable bonds is 10. The first-order chi connectivity index (χ1) is 15.6. The van der Waals surface area contributed by atoms with Crippen molar-refractivity contribution in [2.75, 3.05) is 13.2 Å². The number of hydrogen-bond acceptors (Lipinski definition) is 6. The maximum Gasteiger partial charge on any atom is 0.343 e. The van der Waals surface area contributed by atoms with Gasteiger partial charge in [0.2, 0.25) is 0 Å². The van der Waals surface area contributed by atoms with E-state index >= 15 is 0 Å². The smallest absolute Gasteiger partial charge is 0.343 e. The molecule has 3 aromatic carbocycles. The highest BCUT2D eigenvalue weighted by molar-refractivity contribution is 5.92. The molecule has 0 atom stereocenters. The third-order valence-electron chi connectivity index (χ3n) is 4.35. The molecule has 0 fully saturated rings. The Morgan fingerprint density at radius 2 is 1.00 bits per heavy atom. The molecule has 0 unspecified atom stereocenters. The molecule has 0 bridgehead atoms. The summed E-state index contributed by atoms with van der Waals surface area (Å²) in [4.78, 5) is 24.8. The molecule has 0 saturated carbocycles. The van der Waals surface area contributed by atoms with Crippen LogP contribution in [0.3, 0.4) is 0 Å². The molecule has 3 rings (SSSR count). The minimum atomic E-state index is -0.516. The second-order valence-corrected chi connectivity index (χ2v) is 7.00. The van der Waals surface area contributed by atoms with Gasteiger partial charge in [-0.05, 0) is 73.5 Å². The first-order valence-corrected chi connectivity index (χ1v) is 10.6. The summed E-state index contributed by atoms with van der Waals surface area (Å²) in [5, 5.41) is 0. The number of carbonyl (C=O) groups excluding carboxylic acids is 2. The Balaban J connectivity index is 1.60. The van der Waals surface area contributed by atoms with E-state index in [0.717, 1.165) is 12.8 Å². The van der Waals surface area contributed by atoms with Gasteiger partial charge in [0.25, 0.3) is 0 Å². The molecule has 0 heterocycles. The van der Waals surface area contributed by atoms with E-state index in [0.29, 0.717) is 35.8 Å². The fourth-order valence-corrected chi connectivity index (χ4v) is 2.75. The van der Waals surface area contributed by atoms with Crippen LogP contribution >= 0.6 is 0 Å². The van der Waals surface area contributed by atoms with Crippen LogP contribution in [0.4, 0.5) is 0 Å². The van der Waals surface area contributed by atoms with Gasteiger partial charge in [0.05, 0.1) is 24.3 Å². The molecule has 0 amide bonds. The van der Waals surface area contributed by atoms with Gasteiger partial charge in [-0.25, -0.2) is 9.59 Å². The van der Waals surface area contributed by atoms with Crippen LogP contribution in [-0.2, 0) is 0 Å². The van der Waals surface area contributed by atoms with Crippen molar-refractivity contribution in [3.05, 3.63) is 83.9 Å². The first-order valence-electron chi connectivity index (χ1n) is 10.6. The summed E-state index contributed by atoms with van der Waals surface area (Å²) in [6.07, 6.45) is 1.81. The van der Waals surface area contributed by atoms with E-state index in [-0.39, 0.29) is 11.5 Å². The van der Waals surface area contributed by atoms with Gasteiger partial charge in [0.15, 0.2) is 0 Å². The van der Waals surface area contributed by atoms with Gasteiger partial charge in [0, 0.05) is 6.07 Å². The molecule has 0 saturated heterocycles. The van der Waals surface area contributed by atoms with Crippen LogP contribution < -0.4 is 18.9 Å². The van der Waals surface area contributed by atoms with E-state index < -0.39 is 11.9 Å². The van der Waals surface area contributed by atoms with E-state index in [1.807, 2.05) is 13.8 Å². The van der Waals surface area contributed by atoms with Crippen molar-refractivity contribution in [3.63, 3.8) is 0 Å². The Hall–Kier alpha value is -3.80. The third-order valence-corrected chi connectivity index (χ3v) is 4.35. The second kappa shape index (κ2) is 11.6. The highest BCUT2D eigenvalue weighted by atomic mass is 16.5. The summed E-state index contributed by atoms with van der Waals surface area (Å²) in [5.74, 6) is 0.908. The van der Waals surface area contributed by atoms with E-state index in [9.17, 15) is 9.59 Å². The van der Waals surface area contributed by atoms with Crippen LogP contribution in [0.5, 0.6) is 23.0 Å². The number of hydrogen-bond donors (Lipinski definition) is 0. The molecule has 166 valence electrons. The van der Waals surface area contributed by atoms with Crippen LogP contribution in [0.25, 0.3) is 0 Å². The van der Waals surface area contributed by atoms with E-state index in [1.165, 1.54) is 6.07 Å². The number of benzene rings is 3. The summed E-state index contributed by atoms with van der Waals surface area (Å²) in [7, 11) is 0. The van der Waals surface area contributed by atoms with E-state index in [1.54, 1.807) is 66.7 Å². The lowest BCUT2D eigenvalue weighted by Crippen LogP contribution is -2.10. The first kappa shape index (κ1) is 22.9. The topological polar surface area (TPSA) is 71.1 Å². The molecule has 0 aliphatic carbocycles. The predicted molar refractivity (Wildman–Crippen MR) is 121 cm³/mol. The lowest BCUT2D eigenvalue weighted by Gasteiger charge is -2.09. The maximum atomic E-state index is 12.4. The molecule has 3 aromatic rings. The van der Waals surface area contributed by atoms with Crippen molar-refractivity contribution < 1.29 is 28.5 Å². The van der Waals surface area contributed by atoms with Gasteiger partial charge in [-0.2, -0.15) is 0 Å². The zero-order valence-electron chi connectivity index (χ0n) is 18.2. The summed E-state index contributed by atoms with van der Waals surface area (Å²) >= 11 is 0. The van der Waals surface area contributed by atoms with Crippen LogP contribution in [0, 0.1) is 0 Å². The Morgan fingerprint density at radius 1 is 0.594 bits per heavy atom. The molecule has 0 aromatic heterocycles. The minimum Gasteiger partial charge on any atom is -0.494 e. The molecule has 0 radical (unpaired) electrons. The van der Waals surface area contributed by atoms with E-state index in [2.05, 4.69) is 0 Å². The highest BCUT2D eigenvalue weighted by Gasteiger charge is 2.12. The Kier molecular flexibility index (Phi) is 8.26. The normalized spacial score (nSPS) is 10.3. The number of esters is 2. The summed E-state index contributed by atoms with van der Waals surface area (Å²) in [5.41, 5.74) is 0.781. The fourth-order valence-electron chi connectivity index (χ4n) is 2.75. The molecule has 0 aliphatic heterocycles. The van der Waals surface area contributed by atoms with Crippen molar-refractivity contribution in [3.8, 4) is 23.0 Å². The minimum absolute atomic E-state index is 0.273. The molecule has 32 heavy (non-hydrogen) atoms. The van der Waals surface area contributed by atoms with Gasteiger partial charge >= 0.3 is 11.9 Å². The average Bonchev–Trinajstić information content (AvgIpc) is 2.82. The highest BCUT2D eigenvalue weighted by Crippen LogP contribution is 2.23. The van der Waals surface area contributed by atoms with Crippen LogP contribution in [0.2, 0.25) is 0 Å². The molecule has 6 heteroatoms. The van der Waals surface area contributed by atoms with Gasteiger partial charge in [-0.15, -0.1) is 0 Å². The monoisotopic (exact) mass is 434 g/mol. The van der Waals surface area contributed by atoms with Gasteiger partial charge in [-0.3, -0.25) is 0 Å². The standard InChI is InChI=1S/C26H26O6/c1-3-16-29-21-12-8-19(9-13-21)25(27)31-23-6-5-7-24(18-23)32-26(28)20-10-14-22(15-11-20)30-17-4-2/h5-15,18H,3-4,16-17H2,1-2H3. The quantitative estimate of drug-likeness (QED) is 0.301. The largest absolute Gasteiger partial charge is 0.494 e. The van der Waals surface area contributed by atoms with Crippen molar-refractivity contribution in [1.82, 2.24) is 0 Å². The third kappa shape index (κ3) is 6.60. The molecule has 0 aliphatic rings. The fraction of sp³-hybridized carbons (Fsp3) is 0.231. The zero-order chi connectivity index (χ0) is 22.8. The maximum absolute atomic E-state index is 12.4. The Labute approximate surface area is 187 Å². The Morgan fingerprint density at radius 3 is 1.38 bits per heavy atom. The zero-order valence-corrected chi connectivity index (χ0v) is 18.2. The van der Waals surface area contributed by atoms with Crippen molar-refractivity contribution in [2.45, 2.75) is 26.7 Å². The van der Waals surface area contributed by atoms with Gasteiger partial charge in [-0.1, -0.05) is 19.9 Å². The van der Waals surface area contributed by atoms with E-state index in [4.69, 9.17) is 18.9 Å². The van der Waals surface area contributed by atoms with Crippen LogP contribution in [0.1, 0.15) is 47.4 Å². The molecular weight excluding hydrogens is 408 g/mol. The molecule has 0 spiro atoms. The van der Waals surface area contributed by atoms with Crippen molar-refractivity contribution in [1.29, 1.82) is 0 Å². The van der Waals surface area contributed by atoms with Crippen LogP contribution in [-0.4, -0.2) is 25.2 Å². The summed E-state index contributed by atoms with van der Waals surface area (Å²) in [6.45, 7) is 5.28. The number of carbonyl (C=O) groups is 2. The van der Waals surface area contributed by atoms with Gasteiger partial charge in [0.1, 0.15) is 23.0 Å². The molecular formula is C26H26O6. The van der Waals surface area contributed by atoms with Crippen molar-refractivity contribution >= 4 is 11.9 Å². The van der Waals surface area contributed by atoms with Crippen molar-refractivity contribution in [2.24, 2.45) is 0 Å². The average molecular weight is 434 g/mol. The summed E-state index contributed by atoms with van der Waals surface area (Å²) in [6, 6.07) is 19.9. The lowest BCUT2D eigenvalue weighted by molar-refractivity contribution is 0.0733. The molecule has 0 N–H and O–H groups in total. The van der Waals surface area contributed by atoms with Gasteiger partial charge < -0.3 is 18.9 Å². The lowest BCUT2D eigenvalue weighted by atomic mass is 10.2. The number of ether oxygens (including phenoxy) is 4. The summed E-state index contributed by atoms with van der Waals surface area (Å²) < 4.78 is 21.9. The Bertz CT molecular complexity index is 944. The predicted octanol–water partition coefficient (Wildman–Crippen LogP) is 5.70. The van der Waals surface area contributed by atoms with Crippen LogP contribution in [0.15, 0.2) is 72.8 Å². The second-order valence-electron chi connectivity index (χ2n) is 7.00.